The molecular weight excluding hydrogens is 212 g/mol. The van der Waals surface area contributed by atoms with E-state index in [-0.39, 0.29) is 0 Å². The first-order valence-electron chi connectivity index (χ1n) is 7.02. The molecule has 0 amide bonds. The van der Waals surface area contributed by atoms with Crippen molar-refractivity contribution in [2.24, 2.45) is 10.7 Å². The van der Waals surface area contributed by atoms with Crippen molar-refractivity contribution in [3.8, 4) is 0 Å². The van der Waals surface area contributed by atoms with Gasteiger partial charge in [-0.25, -0.2) is 0 Å². The first-order valence-corrected chi connectivity index (χ1v) is 7.02. The van der Waals surface area contributed by atoms with Gasteiger partial charge in [0, 0.05) is 19.6 Å². The van der Waals surface area contributed by atoms with Crippen LogP contribution < -0.4 is 5.73 Å². The number of hydrogen-bond donors (Lipinski definition) is 1. The highest BCUT2D eigenvalue weighted by Crippen LogP contribution is 2.24. The van der Waals surface area contributed by atoms with Gasteiger partial charge in [-0.2, -0.15) is 0 Å². The molecule has 0 bridgehead atoms. The van der Waals surface area contributed by atoms with E-state index in [4.69, 9.17) is 5.73 Å². The monoisotopic (exact) mass is 238 g/mol. The molecule has 0 spiro atoms. The second-order valence-corrected chi connectivity index (χ2v) is 5.34. The van der Waals surface area contributed by atoms with Gasteiger partial charge in [0.25, 0.3) is 0 Å². The molecule has 4 heteroatoms. The molecule has 1 aliphatic heterocycles. The Hall–Kier alpha value is -0.770. The summed E-state index contributed by atoms with van der Waals surface area (Å²) in [6.07, 6.45) is 8.04. The Kier molecular flexibility index (Phi) is 4.66. The molecule has 0 aromatic heterocycles. The number of hydrogen-bond acceptors (Lipinski definition) is 2. The van der Waals surface area contributed by atoms with Gasteiger partial charge in [-0.3, -0.25) is 4.99 Å². The largest absolute Gasteiger partial charge is 0.370 e. The van der Waals surface area contributed by atoms with E-state index in [1.165, 1.54) is 51.6 Å². The van der Waals surface area contributed by atoms with Crippen molar-refractivity contribution in [2.45, 2.75) is 44.6 Å². The Labute approximate surface area is 105 Å². The maximum atomic E-state index is 5.96. The predicted octanol–water partition coefficient (Wildman–Crippen LogP) is 1.27. The van der Waals surface area contributed by atoms with Crippen molar-refractivity contribution < 1.29 is 0 Å². The lowest BCUT2D eigenvalue weighted by Crippen LogP contribution is -2.36. The van der Waals surface area contributed by atoms with Crippen LogP contribution in [0.15, 0.2) is 4.99 Å². The number of nitrogens with zero attached hydrogens (tertiary/aromatic N) is 3. The molecule has 1 heterocycles. The summed E-state index contributed by atoms with van der Waals surface area (Å²) in [6, 6.07) is 0.664. The summed E-state index contributed by atoms with van der Waals surface area (Å²) in [5.74, 6) is 0.724. The average Bonchev–Trinajstić information content (AvgIpc) is 3.15. The summed E-state index contributed by atoms with van der Waals surface area (Å²) in [5, 5.41) is 0. The molecule has 2 N–H and O–H groups in total. The van der Waals surface area contributed by atoms with E-state index >= 15 is 0 Å². The molecule has 0 unspecified atom stereocenters. The van der Waals surface area contributed by atoms with E-state index < -0.39 is 0 Å². The fourth-order valence-electron chi connectivity index (χ4n) is 2.43. The molecule has 0 aromatic carbocycles. The zero-order chi connectivity index (χ0) is 12.1. The van der Waals surface area contributed by atoms with Crippen LogP contribution in [-0.4, -0.2) is 55.0 Å². The van der Waals surface area contributed by atoms with Crippen LogP contribution in [0, 0.1) is 0 Å². The van der Waals surface area contributed by atoms with Crippen LogP contribution in [0.5, 0.6) is 0 Å². The normalized spacial score (nSPS) is 23.5. The summed E-state index contributed by atoms with van der Waals surface area (Å²) >= 11 is 0. The summed E-state index contributed by atoms with van der Waals surface area (Å²) in [7, 11) is 2.06. The minimum absolute atomic E-state index is 0.664. The summed E-state index contributed by atoms with van der Waals surface area (Å²) in [6.45, 7) is 4.41. The van der Waals surface area contributed by atoms with E-state index in [1.54, 1.807) is 0 Å². The van der Waals surface area contributed by atoms with Gasteiger partial charge in [0.15, 0.2) is 5.96 Å². The number of nitrogens with two attached hydrogens (primary N) is 1. The van der Waals surface area contributed by atoms with Gasteiger partial charge in [0.1, 0.15) is 0 Å². The van der Waals surface area contributed by atoms with E-state index in [0.29, 0.717) is 6.04 Å². The molecule has 0 radical (unpaired) electrons. The van der Waals surface area contributed by atoms with Crippen molar-refractivity contribution in [3.05, 3.63) is 0 Å². The maximum Gasteiger partial charge on any atom is 0.191 e. The Morgan fingerprint density at radius 2 is 1.88 bits per heavy atom. The highest BCUT2D eigenvalue weighted by atomic mass is 15.3. The lowest BCUT2D eigenvalue weighted by atomic mass is 10.2. The Morgan fingerprint density at radius 1 is 1.24 bits per heavy atom. The van der Waals surface area contributed by atoms with Gasteiger partial charge in [0.2, 0.25) is 0 Å². The van der Waals surface area contributed by atoms with Crippen molar-refractivity contribution in [1.29, 1.82) is 0 Å². The van der Waals surface area contributed by atoms with Crippen LogP contribution in [0.1, 0.15) is 38.5 Å². The van der Waals surface area contributed by atoms with Crippen molar-refractivity contribution in [3.63, 3.8) is 0 Å². The van der Waals surface area contributed by atoms with Gasteiger partial charge < -0.3 is 15.5 Å². The molecule has 0 aromatic rings. The van der Waals surface area contributed by atoms with Crippen LogP contribution in [-0.2, 0) is 0 Å². The zero-order valence-electron chi connectivity index (χ0n) is 11.1. The van der Waals surface area contributed by atoms with Crippen LogP contribution in [0.3, 0.4) is 0 Å². The van der Waals surface area contributed by atoms with Crippen LogP contribution in [0.4, 0.5) is 0 Å². The molecule has 1 saturated heterocycles. The van der Waals surface area contributed by atoms with Gasteiger partial charge >= 0.3 is 0 Å². The first kappa shape index (κ1) is 12.7. The average molecular weight is 238 g/mol. The highest BCUT2D eigenvalue weighted by molar-refractivity contribution is 5.78. The Morgan fingerprint density at radius 3 is 2.47 bits per heavy atom. The quantitative estimate of drug-likeness (QED) is 0.592. The van der Waals surface area contributed by atoms with Gasteiger partial charge in [0.05, 0.1) is 6.54 Å². The predicted molar refractivity (Wildman–Crippen MR) is 72.2 cm³/mol. The molecule has 2 aliphatic rings. The number of aliphatic imine (C=N–C) groups is 1. The molecule has 4 nitrogen and oxygen atoms in total. The third kappa shape index (κ3) is 4.19. The number of likely N-dealkylation sites (tertiary alicyclic amines) is 1. The minimum Gasteiger partial charge on any atom is -0.370 e. The van der Waals surface area contributed by atoms with Crippen molar-refractivity contribution >= 4 is 5.96 Å². The topological polar surface area (TPSA) is 44.9 Å². The standard InChI is InChI=1S/C13H26N4/c1-16(12-6-7-12)13(14)15-8-11-17-9-4-2-3-5-10-17/h12H,2-11H2,1H3,(H2,14,15). The van der Waals surface area contributed by atoms with E-state index in [9.17, 15) is 0 Å². The van der Waals surface area contributed by atoms with E-state index in [0.717, 1.165) is 19.0 Å². The molecule has 98 valence electrons. The molecule has 2 rings (SSSR count). The number of rotatable bonds is 4. The summed E-state index contributed by atoms with van der Waals surface area (Å²) in [5.41, 5.74) is 5.96. The van der Waals surface area contributed by atoms with Gasteiger partial charge in [-0.1, -0.05) is 12.8 Å². The van der Waals surface area contributed by atoms with Crippen LogP contribution in [0.25, 0.3) is 0 Å². The summed E-state index contributed by atoms with van der Waals surface area (Å²) in [4.78, 5) is 9.14. The fraction of sp³-hybridized carbons (Fsp3) is 0.923. The Bertz CT molecular complexity index is 252. The zero-order valence-corrected chi connectivity index (χ0v) is 11.1. The lowest BCUT2D eigenvalue weighted by molar-refractivity contribution is 0.293. The first-order chi connectivity index (χ1) is 8.27. The molecule has 1 saturated carbocycles. The lowest BCUT2D eigenvalue weighted by Gasteiger charge is -2.20. The second kappa shape index (κ2) is 6.24. The summed E-state index contributed by atoms with van der Waals surface area (Å²) < 4.78 is 0. The SMILES string of the molecule is CN(C(N)=NCCN1CCCCCC1)C1CC1. The third-order valence-electron chi connectivity index (χ3n) is 3.84. The molecule has 1 aliphatic carbocycles. The molecule has 2 fully saturated rings. The molecular formula is C13H26N4. The van der Waals surface area contributed by atoms with Crippen molar-refractivity contribution in [1.82, 2.24) is 9.80 Å². The van der Waals surface area contributed by atoms with E-state index in [1.807, 2.05) is 0 Å². The molecule has 0 atom stereocenters. The minimum atomic E-state index is 0.664. The van der Waals surface area contributed by atoms with Gasteiger partial charge in [-0.15, -0.1) is 0 Å². The second-order valence-electron chi connectivity index (χ2n) is 5.34. The third-order valence-corrected chi connectivity index (χ3v) is 3.84. The van der Waals surface area contributed by atoms with Crippen molar-refractivity contribution in [2.75, 3.05) is 33.2 Å². The number of guanidine groups is 1. The fourth-order valence-corrected chi connectivity index (χ4v) is 2.43. The highest BCUT2D eigenvalue weighted by Gasteiger charge is 2.27. The van der Waals surface area contributed by atoms with Crippen LogP contribution >= 0.6 is 0 Å². The maximum absolute atomic E-state index is 5.96. The van der Waals surface area contributed by atoms with E-state index in [2.05, 4.69) is 21.8 Å². The Balaban J connectivity index is 1.67. The van der Waals surface area contributed by atoms with Crippen LogP contribution in [0.2, 0.25) is 0 Å². The smallest absolute Gasteiger partial charge is 0.191 e. The van der Waals surface area contributed by atoms with Gasteiger partial charge in [-0.05, 0) is 38.8 Å². The molecule has 17 heavy (non-hydrogen) atoms.